The molecule has 2 saturated heterocycles. The minimum Gasteiger partial charge on any atom is -0.369 e. The molecule has 1 amide bonds. The highest BCUT2D eigenvalue weighted by Crippen LogP contribution is 2.28. The molecule has 0 saturated carbocycles. The van der Waals surface area contributed by atoms with Crippen LogP contribution in [0.2, 0.25) is 10.0 Å². The molecule has 2 heterocycles. The second kappa shape index (κ2) is 7.29. The maximum absolute atomic E-state index is 11.6. The van der Waals surface area contributed by atoms with Gasteiger partial charge in [-0.1, -0.05) is 23.2 Å². The van der Waals surface area contributed by atoms with Crippen LogP contribution < -0.4 is 4.90 Å². The van der Waals surface area contributed by atoms with Crippen molar-refractivity contribution in [1.82, 2.24) is 9.80 Å². The molecule has 1 aromatic carbocycles. The Hall–Kier alpha value is -0.970. The Labute approximate surface area is 147 Å². The highest BCUT2D eigenvalue weighted by atomic mass is 35.5. The number of piperazine rings is 1. The van der Waals surface area contributed by atoms with Crippen molar-refractivity contribution in [3.05, 3.63) is 28.2 Å². The molecule has 2 aliphatic rings. The zero-order chi connectivity index (χ0) is 16.4. The Balaban J connectivity index is 1.50. The fourth-order valence-corrected chi connectivity index (χ4v) is 3.78. The molecule has 2 fully saturated rings. The zero-order valence-corrected chi connectivity index (χ0v) is 15.0. The summed E-state index contributed by atoms with van der Waals surface area (Å²) in [5.74, 6) is 0.889. The van der Waals surface area contributed by atoms with Gasteiger partial charge in [0.2, 0.25) is 5.91 Å². The molecular formula is C17H23Cl2N3O. The van der Waals surface area contributed by atoms with Crippen LogP contribution in [-0.2, 0) is 4.79 Å². The highest BCUT2D eigenvalue weighted by Gasteiger charge is 2.26. The number of hydrogen-bond acceptors (Lipinski definition) is 3. The van der Waals surface area contributed by atoms with Crippen LogP contribution in [0, 0.1) is 5.92 Å². The fourth-order valence-electron chi connectivity index (χ4n) is 3.48. The van der Waals surface area contributed by atoms with Gasteiger partial charge in [-0.3, -0.25) is 9.69 Å². The lowest BCUT2D eigenvalue weighted by atomic mass is 9.97. The molecule has 1 aromatic rings. The first-order valence-electron chi connectivity index (χ1n) is 8.19. The van der Waals surface area contributed by atoms with Crippen molar-refractivity contribution in [2.45, 2.75) is 12.8 Å². The standard InChI is InChI=1S/C17H23Cl2N3O/c1-20-11-13(2-5-17(20)23)12-21-6-8-22(9-7-21)14-3-4-15(18)16(19)10-14/h3-4,10,13H,2,5-9,11-12H2,1H3. The van der Waals surface area contributed by atoms with Gasteiger partial charge in [0.1, 0.15) is 0 Å². The van der Waals surface area contributed by atoms with E-state index in [1.165, 1.54) is 0 Å². The number of rotatable bonds is 3. The lowest BCUT2D eigenvalue weighted by Crippen LogP contribution is -2.49. The average molecular weight is 356 g/mol. The third-order valence-corrected chi connectivity index (χ3v) is 5.62. The zero-order valence-electron chi connectivity index (χ0n) is 13.5. The Morgan fingerprint density at radius 2 is 1.87 bits per heavy atom. The molecule has 2 aliphatic heterocycles. The van der Waals surface area contributed by atoms with Gasteiger partial charge < -0.3 is 9.80 Å². The molecule has 3 rings (SSSR count). The van der Waals surface area contributed by atoms with E-state index in [2.05, 4.69) is 9.80 Å². The van der Waals surface area contributed by atoms with Crippen molar-refractivity contribution in [2.75, 3.05) is 51.2 Å². The van der Waals surface area contributed by atoms with Crippen molar-refractivity contribution in [3.63, 3.8) is 0 Å². The lowest BCUT2D eigenvalue weighted by molar-refractivity contribution is -0.133. The number of amides is 1. The minimum absolute atomic E-state index is 0.283. The van der Waals surface area contributed by atoms with Gasteiger partial charge >= 0.3 is 0 Å². The molecule has 1 atom stereocenters. The molecule has 0 aliphatic carbocycles. The normalized spacial score (nSPS) is 23.4. The second-order valence-electron chi connectivity index (χ2n) is 6.57. The van der Waals surface area contributed by atoms with Crippen LogP contribution in [0.4, 0.5) is 5.69 Å². The van der Waals surface area contributed by atoms with E-state index in [9.17, 15) is 4.79 Å². The van der Waals surface area contributed by atoms with Crippen LogP contribution >= 0.6 is 23.2 Å². The number of piperidine rings is 1. The van der Waals surface area contributed by atoms with E-state index < -0.39 is 0 Å². The molecule has 0 spiro atoms. The molecule has 0 aromatic heterocycles. The molecule has 23 heavy (non-hydrogen) atoms. The van der Waals surface area contributed by atoms with E-state index in [0.717, 1.165) is 51.4 Å². The third kappa shape index (κ3) is 4.11. The minimum atomic E-state index is 0.283. The van der Waals surface area contributed by atoms with Crippen molar-refractivity contribution in [2.24, 2.45) is 5.92 Å². The van der Waals surface area contributed by atoms with E-state index in [-0.39, 0.29) is 5.91 Å². The van der Waals surface area contributed by atoms with E-state index >= 15 is 0 Å². The monoisotopic (exact) mass is 355 g/mol. The average Bonchev–Trinajstić information content (AvgIpc) is 2.54. The number of nitrogens with zero attached hydrogens (tertiary/aromatic N) is 3. The molecule has 1 unspecified atom stereocenters. The Kier molecular flexibility index (Phi) is 5.34. The molecule has 6 heteroatoms. The third-order valence-electron chi connectivity index (χ3n) is 4.88. The Morgan fingerprint density at radius 1 is 1.13 bits per heavy atom. The van der Waals surface area contributed by atoms with E-state index in [0.29, 0.717) is 22.4 Å². The van der Waals surface area contributed by atoms with Gasteiger partial charge in [0.05, 0.1) is 10.0 Å². The van der Waals surface area contributed by atoms with Gasteiger partial charge in [-0.25, -0.2) is 0 Å². The number of halogens is 2. The van der Waals surface area contributed by atoms with E-state index in [4.69, 9.17) is 23.2 Å². The molecule has 0 radical (unpaired) electrons. The SMILES string of the molecule is CN1CC(CN2CCN(c3ccc(Cl)c(Cl)c3)CC2)CCC1=O. The largest absolute Gasteiger partial charge is 0.369 e. The van der Waals surface area contributed by atoms with Crippen LogP contribution in [0.25, 0.3) is 0 Å². The van der Waals surface area contributed by atoms with Gasteiger partial charge in [-0.15, -0.1) is 0 Å². The first-order valence-corrected chi connectivity index (χ1v) is 8.95. The second-order valence-corrected chi connectivity index (χ2v) is 7.38. The van der Waals surface area contributed by atoms with Gasteiger partial charge in [-0.05, 0) is 30.5 Å². The summed E-state index contributed by atoms with van der Waals surface area (Å²) in [6, 6.07) is 5.84. The van der Waals surface area contributed by atoms with Gasteiger partial charge in [0.25, 0.3) is 0 Å². The topological polar surface area (TPSA) is 26.8 Å². The highest BCUT2D eigenvalue weighted by molar-refractivity contribution is 6.42. The quantitative estimate of drug-likeness (QED) is 0.833. The van der Waals surface area contributed by atoms with E-state index in [1.807, 2.05) is 30.1 Å². The Morgan fingerprint density at radius 3 is 2.52 bits per heavy atom. The number of benzene rings is 1. The predicted octanol–water partition coefficient (Wildman–Crippen LogP) is 2.98. The van der Waals surface area contributed by atoms with Crippen LogP contribution in [0.15, 0.2) is 18.2 Å². The summed E-state index contributed by atoms with van der Waals surface area (Å²) in [5.41, 5.74) is 1.14. The van der Waals surface area contributed by atoms with Crippen molar-refractivity contribution < 1.29 is 4.79 Å². The van der Waals surface area contributed by atoms with Crippen LogP contribution in [0.3, 0.4) is 0 Å². The summed E-state index contributed by atoms with van der Waals surface area (Å²) in [6.45, 7) is 6.08. The summed E-state index contributed by atoms with van der Waals surface area (Å²) in [7, 11) is 1.91. The number of hydrogen-bond donors (Lipinski definition) is 0. The number of carbonyl (C=O) groups is 1. The molecule has 0 bridgehead atoms. The maximum Gasteiger partial charge on any atom is 0.222 e. The summed E-state index contributed by atoms with van der Waals surface area (Å²) in [4.78, 5) is 18.3. The van der Waals surface area contributed by atoms with Crippen molar-refractivity contribution >= 4 is 34.8 Å². The van der Waals surface area contributed by atoms with Crippen molar-refractivity contribution in [1.29, 1.82) is 0 Å². The summed E-state index contributed by atoms with van der Waals surface area (Å²) in [6.07, 6.45) is 1.72. The summed E-state index contributed by atoms with van der Waals surface area (Å²) < 4.78 is 0. The van der Waals surface area contributed by atoms with Gasteiger partial charge in [0, 0.05) is 58.4 Å². The molecule has 126 valence electrons. The van der Waals surface area contributed by atoms with Crippen molar-refractivity contribution in [3.8, 4) is 0 Å². The summed E-state index contributed by atoms with van der Waals surface area (Å²) in [5, 5.41) is 1.21. The van der Waals surface area contributed by atoms with Crippen LogP contribution in [0.1, 0.15) is 12.8 Å². The first kappa shape index (κ1) is 16.9. The van der Waals surface area contributed by atoms with Crippen LogP contribution in [0.5, 0.6) is 0 Å². The number of anilines is 1. The smallest absolute Gasteiger partial charge is 0.222 e. The molecule has 4 nitrogen and oxygen atoms in total. The number of carbonyl (C=O) groups excluding carboxylic acids is 1. The fraction of sp³-hybridized carbons (Fsp3) is 0.588. The molecule has 0 N–H and O–H groups in total. The first-order chi connectivity index (χ1) is 11.0. The van der Waals surface area contributed by atoms with Gasteiger partial charge in [-0.2, -0.15) is 0 Å². The molecular weight excluding hydrogens is 333 g/mol. The predicted molar refractivity (Wildman–Crippen MR) is 95.5 cm³/mol. The summed E-state index contributed by atoms with van der Waals surface area (Å²) >= 11 is 12.1. The number of likely N-dealkylation sites (tertiary alicyclic amines) is 1. The lowest BCUT2D eigenvalue weighted by Gasteiger charge is -2.39. The van der Waals surface area contributed by atoms with Gasteiger partial charge in [0.15, 0.2) is 0 Å². The van der Waals surface area contributed by atoms with E-state index in [1.54, 1.807) is 0 Å². The maximum atomic E-state index is 11.6. The van der Waals surface area contributed by atoms with Crippen LogP contribution in [-0.4, -0.2) is 62.0 Å². The Bertz CT molecular complexity index is 573.